The van der Waals surface area contributed by atoms with Crippen LogP contribution in [0.2, 0.25) is 0 Å². The van der Waals surface area contributed by atoms with Gasteiger partial charge in [-0.05, 0) is 24.3 Å². The Hall–Kier alpha value is -3.03. The Balaban J connectivity index is 1.78. The van der Waals surface area contributed by atoms with E-state index in [2.05, 4.69) is 5.32 Å². The van der Waals surface area contributed by atoms with Crippen molar-refractivity contribution in [3.63, 3.8) is 0 Å². The first-order valence-electron chi connectivity index (χ1n) is 6.93. The molecular weight excluding hydrogens is 325 g/mol. The standard InChI is InChI=1S/C16H11F3N2O3/c17-9-5-6-10(16(19)15(9)18)20-13(22)7-21-11-3-1-2-4-12(11)24-8-14(21)23/h1-6H,7-8H2,(H,20,22). The van der Waals surface area contributed by atoms with Gasteiger partial charge < -0.3 is 10.1 Å². The molecule has 1 N–H and O–H groups in total. The van der Waals surface area contributed by atoms with Crippen molar-refractivity contribution < 1.29 is 27.5 Å². The number of benzene rings is 2. The molecule has 124 valence electrons. The molecule has 2 aromatic carbocycles. The molecule has 0 atom stereocenters. The van der Waals surface area contributed by atoms with Gasteiger partial charge in [0.15, 0.2) is 24.1 Å². The van der Waals surface area contributed by atoms with Gasteiger partial charge in [0.25, 0.3) is 5.91 Å². The fourth-order valence-electron chi connectivity index (χ4n) is 2.28. The third kappa shape index (κ3) is 2.90. The molecular formula is C16H11F3N2O3. The molecule has 2 amide bonds. The summed E-state index contributed by atoms with van der Waals surface area (Å²) in [7, 11) is 0. The summed E-state index contributed by atoms with van der Waals surface area (Å²) in [5.41, 5.74) is -0.109. The van der Waals surface area contributed by atoms with Crippen LogP contribution in [0.15, 0.2) is 36.4 Å². The van der Waals surface area contributed by atoms with Gasteiger partial charge in [0.2, 0.25) is 5.91 Å². The predicted octanol–water partition coefficient (Wildman–Crippen LogP) is 2.47. The van der Waals surface area contributed by atoms with Crippen molar-refractivity contribution in [2.24, 2.45) is 0 Å². The number of ether oxygens (including phenoxy) is 1. The zero-order chi connectivity index (χ0) is 17.3. The maximum atomic E-state index is 13.6. The summed E-state index contributed by atoms with van der Waals surface area (Å²) in [6, 6.07) is 8.22. The molecule has 0 fully saturated rings. The molecule has 1 heterocycles. The van der Waals surface area contributed by atoms with Crippen LogP contribution >= 0.6 is 0 Å². The Kier molecular flexibility index (Phi) is 4.11. The molecule has 0 aliphatic carbocycles. The minimum atomic E-state index is -1.68. The molecule has 1 aliphatic heterocycles. The number of carbonyl (C=O) groups is 2. The third-order valence-electron chi connectivity index (χ3n) is 3.42. The first-order valence-corrected chi connectivity index (χ1v) is 6.93. The average Bonchev–Trinajstić information content (AvgIpc) is 2.58. The lowest BCUT2D eigenvalue weighted by molar-refractivity contribution is -0.123. The van der Waals surface area contributed by atoms with Gasteiger partial charge in [-0.3, -0.25) is 14.5 Å². The lowest BCUT2D eigenvalue weighted by Gasteiger charge is -2.28. The topological polar surface area (TPSA) is 58.6 Å². The summed E-state index contributed by atoms with van der Waals surface area (Å²) in [4.78, 5) is 25.2. The van der Waals surface area contributed by atoms with E-state index in [0.29, 0.717) is 17.5 Å². The molecule has 8 heteroatoms. The van der Waals surface area contributed by atoms with E-state index in [9.17, 15) is 22.8 Å². The zero-order valence-corrected chi connectivity index (χ0v) is 12.2. The van der Waals surface area contributed by atoms with Gasteiger partial charge in [-0.15, -0.1) is 0 Å². The normalized spacial score (nSPS) is 13.3. The number of halogens is 3. The van der Waals surface area contributed by atoms with Crippen LogP contribution in [0.5, 0.6) is 5.75 Å². The number of hydrogen-bond acceptors (Lipinski definition) is 3. The van der Waals surface area contributed by atoms with Crippen LogP contribution in [0.4, 0.5) is 24.5 Å². The van der Waals surface area contributed by atoms with Gasteiger partial charge in [-0.25, -0.2) is 13.2 Å². The highest BCUT2D eigenvalue weighted by Gasteiger charge is 2.27. The minimum Gasteiger partial charge on any atom is -0.482 e. The van der Waals surface area contributed by atoms with E-state index in [1.165, 1.54) is 4.90 Å². The lowest BCUT2D eigenvalue weighted by Crippen LogP contribution is -2.43. The van der Waals surface area contributed by atoms with E-state index in [-0.39, 0.29) is 6.61 Å². The van der Waals surface area contributed by atoms with Crippen molar-refractivity contribution >= 4 is 23.2 Å². The summed E-state index contributed by atoms with van der Waals surface area (Å²) in [6.45, 7) is -0.651. The van der Waals surface area contributed by atoms with E-state index >= 15 is 0 Å². The summed E-state index contributed by atoms with van der Waals surface area (Å²) in [6.07, 6.45) is 0. The van der Waals surface area contributed by atoms with Crippen LogP contribution in [-0.4, -0.2) is 25.0 Å². The van der Waals surface area contributed by atoms with Crippen LogP contribution in [-0.2, 0) is 9.59 Å². The number of rotatable bonds is 3. The van der Waals surface area contributed by atoms with Crippen molar-refractivity contribution in [2.45, 2.75) is 0 Å². The van der Waals surface area contributed by atoms with Crippen molar-refractivity contribution in [1.82, 2.24) is 0 Å². The van der Waals surface area contributed by atoms with Gasteiger partial charge in [-0.2, -0.15) is 0 Å². The zero-order valence-electron chi connectivity index (χ0n) is 12.2. The van der Waals surface area contributed by atoms with E-state index in [4.69, 9.17) is 4.74 Å². The molecule has 1 aliphatic rings. The van der Waals surface area contributed by atoms with Gasteiger partial charge in [0.05, 0.1) is 11.4 Å². The third-order valence-corrected chi connectivity index (χ3v) is 3.42. The Morgan fingerprint density at radius 1 is 1.12 bits per heavy atom. The van der Waals surface area contributed by atoms with Crippen molar-refractivity contribution in [2.75, 3.05) is 23.4 Å². The number of anilines is 2. The molecule has 5 nitrogen and oxygen atoms in total. The molecule has 0 bridgehead atoms. The highest BCUT2D eigenvalue weighted by molar-refractivity contribution is 6.04. The highest BCUT2D eigenvalue weighted by atomic mass is 19.2. The van der Waals surface area contributed by atoms with Crippen molar-refractivity contribution in [3.05, 3.63) is 53.8 Å². The molecule has 0 saturated carbocycles. The molecule has 0 radical (unpaired) electrons. The molecule has 0 saturated heterocycles. The Morgan fingerprint density at radius 3 is 2.67 bits per heavy atom. The largest absolute Gasteiger partial charge is 0.482 e. The number of carbonyl (C=O) groups excluding carboxylic acids is 2. The van der Waals surface area contributed by atoms with Crippen molar-refractivity contribution in [1.29, 1.82) is 0 Å². The first-order chi connectivity index (χ1) is 11.5. The molecule has 0 aromatic heterocycles. The molecule has 0 spiro atoms. The van der Waals surface area contributed by atoms with Gasteiger partial charge in [-0.1, -0.05) is 12.1 Å². The fourth-order valence-corrected chi connectivity index (χ4v) is 2.28. The van der Waals surface area contributed by atoms with E-state index in [0.717, 1.165) is 6.07 Å². The number of nitrogens with zero attached hydrogens (tertiary/aromatic N) is 1. The lowest BCUT2D eigenvalue weighted by atomic mass is 10.2. The molecule has 24 heavy (non-hydrogen) atoms. The van der Waals surface area contributed by atoms with E-state index < -0.39 is 41.5 Å². The molecule has 2 aromatic rings. The quantitative estimate of drug-likeness (QED) is 0.876. The highest BCUT2D eigenvalue weighted by Crippen LogP contribution is 2.31. The van der Waals surface area contributed by atoms with Gasteiger partial charge in [0.1, 0.15) is 12.3 Å². The Labute approximate surface area is 134 Å². The Morgan fingerprint density at radius 2 is 1.88 bits per heavy atom. The van der Waals surface area contributed by atoms with E-state index in [1.54, 1.807) is 24.3 Å². The van der Waals surface area contributed by atoms with Crippen LogP contribution in [0.3, 0.4) is 0 Å². The number of hydrogen-bond donors (Lipinski definition) is 1. The van der Waals surface area contributed by atoms with Crippen LogP contribution in [0.1, 0.15) is 0 Å². The van der Waals surface area contributed by atoms with Crippen LogP contribution in [0.25, 0.3) is 0 Å². The number of fused-ring (bicyclic) bond motifs is 1. The summed E-state index contributed by atoms with van der Waals surface area (Å²) >= 11 is 0. The van der Waals surface area contributed by atoms with Crippen molar-refractivity contribution in [3.8, 4) is 5.75 Å². The van der Waals surface area contributed by atoms with Gasteiger partial charge >= 0.3 is 0 Å². The summed E-state index contributed by atoms with van der Waals surface area (Å²) < 4.78 is 44.9. The first kappa shape index (κ1) is 15.9. The Bertz CT molecular complexity index is 826. The average molecular weight is 336 g/mol. The van der Waals surface area contributed by atoms with Crippen LogP contribution < -0.4 is 15.0 Å². The minimum absolute atomic E-state index is 0.232. The second kappa shape index (κ2) is 6.23. The summed E-state index contributed by atoms with van der Waals surface area (Å²) in [5, 5.41) is 2.12. The number of amides is 2. The predicted molar refractivity (Wildman–Crippen MR) is 79.2 cm³/mol. The summed E-state index contributed by atoms with van der Waals surface area (Å²) in [5.74, 6) is -5.32. The second-order valence-electron chi connectivity index (χ2n) is 5.01. The van der Waals surface area contributed by atoms with Crippen LogP contribution in [0, 0.1) is 17.5 Å². The monoisotopic (exact) mass is 336 g/mol. The maximum Gasteiger partial charge on any atom is 0.265 e. The fraction of sp³-hybridized carbons (Fsp3) is 0.125. The molecule has 3 rings (SSSR count). The number of para-hydroxylation sites is 2. The SMILES string of the molecule is O=C(CN1C(=O)COc2ccccc21)Nc1ccc(F)c(F)c1F. The van der Waals surface area contributed by atoms with E-state index in [1.807, 2.05) is 0 Å². The molecule has 0 unspecified atom stereocenters. The number of nitrogens with one attached hydrogen (secondary N) is 1. The second-order valence-corrected chi connectivity index (χ2v) is 5.01. The van der Waals surface area contributed by atoms with Gasteiger partial charge in [0, 0.05) is 0 Å². The maximum absolute atomic E-state index is 13.6. The smallest absolute Gasteiger partial charge is 0.265 e.